The lowest BCUT2D eigenvalue weighted by atomic mass is 10.0. The number of para-hydroxylation sites is 2. The van der Waals surface area contributed by atoms with Gasteiger partial charge in [0.1, 0.15) is 5.82 Å². The Morgan fingerprint density at radius 2 is 1.85 bits per heavy atom. The Kier molecular flexibility index (Phi) is 7.88. The molecule has 3 amide bonds. The van der Waals surface area contributed by atoms with Gasteiger partial charge in [0.2, 0.25) is 0 Å². The van der Waals surface area contributed by atoms with Crippen LogP contribution in [0.25, 0.3) is 0 Å². The Bertz CT molecular complexity index is 1340. The zero-order chi connectivity index (χ0) is 27.5. The van der Waals surface area contributed by atoms with Gasteiger partial charge in [0.05, 0.1) is 24.1 Å². The summed E-state index contributed by atoms with van der Waals surface area (Å²) in [7, 11) is 1.89. The molecule has 0 saturated carbocycles. The molecule has 206 valence electrons. The molecule has 39 heavy (non-hydrogen) atoms. The van der Waals surface area contributed by atoms with Gasteiger partial charge < -0.3 is 20.4 Å². The van der Waals surface area contributed by atoms with Crippen molar-refractivity contribution in [1.29, 1.82) is 0 Å². The number of aryl methyl sites for hydroxylation is 2. The Hall–Kier alpha value is -3.85. The fourth-order valence-corrected chi connectivity index (χ4v) is 5.22. The predicted molar refractivity (Wildman–Crippen MR) is 154 cm³/mol. The summed E-state index contributed by atoms with van der Waals surface area (Å²) < 4.78 is 1.79. The van der Waals surface area contributed by atoms with E-state index in [-0.39, 0.29) is 11.9 Å². The van der Waals surface area contributed by atoms with Crippen LogP contribution in [0.1, 0.15) is 47.3 Å². The van der Waals surface area contributed by atoms with Crippen LogP contribution in [-0.2, 0) is 20.1 Å². The number of anilines is 3. The van der Waals surface area contributed by atoms with E-state index in [2.05, 4.69) is 34.5 Å². The number of piperazine rings is 1. The first-order valence-corrected chi connectivity index (χ1v) is 13.8. The summed E-state index contributed by atoms with van der Waals surface area (Å²) in [5, 5.41) is 10.9. The second-order valence-corrected chi connectivity index (χ2v) is 11.0. The monoisotopic (exact) mass is 529 g/mol. The first-order valence-electron chi connectivity index (χ1n) is 13.8. The fourth-order valence-electron chi connectivity index (χ4n) is 5.22. The van der Waals surface area contributed by atoms with Gasteiger partial charge >= 0.3 is 6.03 Å². The number of nitrogens with one attached hydrogen (secondary N) is 2. The maximum Gasteiger partial charge on any atom is 0.317 e. The van der Waals surface area contributed by atoms with Crippen LogP contribution in [-0.4, -0.2) is 64.2 Å². The summed E-state index contributed by atoms with van der Waals surface area (Å²) in [6, 6.07) is 13.5. The average Bonchev–Trinajstić information content (AvgIpc) is 3.18. The van der Waals surface area contributed by atoms with E-state index in [0.717, 1.165) is 66.6 Å². The van der Waals surface area contributed by atoms with Crippen molar-refractivity contribution in [3.8, 4) is 0 Å². The highest BCUT2D eigenvalue weighted by Gasteiger charge is 2.27. The van der Waals surface area contributed by atoms with Gasteiger partial charge in [0.15, 0.2) is 0 Å². The third-order valence-corrected chi connectivity index (χ3v) is 7.74. The second-order valence-electron chi connectivity index (χ2n) is 11.0. The van der Waals surface area contributed by atoms with Crippen molar-refractivity contribution in [3.05, 3.63) is 70.9 Å². The SMILES string of the molecule is Cc1cc(C(=O)N2Cc3cnn(C)c3Nc3ccccc32)ccc1CNC(=O)N1CCN(CCC(C)C)CC1. The van der Waals surface area contributed by atoms with Crippen molar-refractivity contribution >= 4 is 29.1 Å². The number of hydrogen-bond donors (Lipinski definition) is 2. The number of rotatable bonds is 6. The van der Waals surface area contributed by atoms with Gasteiger partial charge in [-0.3, -0.25) is 14.4 Å². The summed E-state index contributed by atoms with van der Waals surface area (Å²) in [6.07, 6.45) is 2.99. The minimum Gasteiger partial charge on any atom is -0.338 e. The van der Waals surface area contributed by atoms with Gasteiger partial charge in [-0.15, -0.1) is 0 Å². The molecule has 2 aromatic carbocycles. The molecule has 9 nitrogen and oxygen atoms in total. The maximum absolute atomic E-state index is 13.8. The molecule has 2 N–H and O–H groups in total. The maximum atomic E-state index is 13.8. The molecule has 5 rings (SSSR count). The minimum atomic E-state index is -0.0741. The van der Waals surface area contributed by atoms with Gasteiger partial charge in [-0.1, -0.05) is 32.0 Å². The molecular formula is C30H39N7O2. The third kappa shape index (κ3) is 5.93. The number of carbonyl (C=O) groups is 2. The molecule has 2 aliphatic rings. The number of amides is 3. The van der Waals surface area contributed by atoms with Crippen LogP contribution in [0, 0.1) is 12.8 Å². The number of fused-ring (bicyclic) bond motifs is 2. The molecule has 0 radical (unpaired) electrons. The first-order chi connectivity index (χ1) is 18.8. The van der Waals surface area contributed by atoms with E-state index < -0.39 is 0 Å². The van der Waals surface area contributed by atoms with Crippen LogP contribution < -0.4 is 15.5 Å². The van der Waals surface area contributed by atoms with Gasteiger partial charge in [-0.2, -0.15) is 5.10 Å². The number of benzene rings is 2. The quantitative estimate of drug-likeness (QED) is 0.491. The van der Waals surface area contributed by atoms with Crippen molar-refractivity contribution in [2.24, 2.45) is 13.0 Å². The van der Waals surface area contributed by atoms with Crippen molar-refractivity contribution in [1.82, 2.24) is 24.9 Å². The second kappa shape index (κ2) is 11.5. The van der Waals surface area contributed by atoms with E-state index in [1.54, 1.807) is 15.8 Å². The summed E-state index contributed by atoms with van der Waals surface area (Å²) in [5.74, 6) is 1.51. The van der Waals surface area contributed by atoms with E-state index >= 15 is 0 Å². The minimum absolute atomic E-state index is 0.0287. The normalized spacial score (nSPS) is 15.4. The summed E-state index contributed by atoms with van der Waals surface area (Å²) in [6.45, 7) is 11.8. The van der Waals surface area contributed by atoms with E-state index in [1.165, 1.54) is 6.42 Å². The molecular weight excluding hydrogens is 490 g/mol. The molecule has 3 aromatic rings. The van der Waals surface area contributed by atoms with Gasteiger partial charge in [-0.25, -0.2) is 4.79 Å². The van der Waals surface area contributed by atoms with E-state index in [4.69, 9.17) is 0 Å². The van der Waals surface area contributed by atoms with Crippen molar-refractivity contribution in [2.45, 2.75) is 40.3 Å². The lowest BCUT2D eigenvalue weighted by Crippen LogP contribution is -2.51. The van der Waals surface area contributed by atoms with Crippen LogP contribution in [0.3, 0.4) is 0 Å². The molecule has 0 atom stereocenters. The van der Waals surface area contributed by atoms with Crippen LogP contribution in [0.2, 0.25) is 0 Å². The van der Waals surface area contributed by atoms with E-state index in [9.17, 15) is 9.59 Å². The van der Waals surface area contributed by atoms with Gasteiger partial charge in [0.25, 0.3) is 5.91 Å². The molecule has 0 aliphatic carbocycles. The molecule has 0 bridgehead atoms. The summed E-state index contributed by atoms with van der Waals surface area (Å²) in [5.41, 5.74) is 5.24. The standard InChI is InChI=1S/C30H39N7O2/c1-21(2)11-12-35-13-15-36(16-14-35)30(39)31-18-24-10-9-23(17-22(24)3)29(38)37-20-25-19-32-34(4)28(25)33-26-7-5-6-8-27(26)37/h5-10,17,19,21,33H,11-16,18,20H2,1-4H3,(H,31,39). The molecule has 1 saturated heterocycles. The Morgan fingerprint density at radius 1 is 1.08 bits per heavy atom. The van der Waals surface area contributed by atoms with Crippen LogP contribution in [0.5, 0.6) is 0 Å². The largest absolute Gasteiger partial charge is 0.338 e. The zero-order valence-corrected chi connectivity index (χ0v) is 23.4. The molecule has 0 unspecified atom stereocenters. The predicted octanol–water partition coefficient (Wildman–Crippen LogP) is 4.51. The number of nitrogens with zero attached hydrogens (tertiary/aromatic N) is 5. The molecule has 9 heteroatoms. The smallest absolute Gasteiger partial charge is 0.317 e. The van der Waals surface area contributed by atoms with Gasteiger partial charge in [-0.05, 0) is 61.2 Å². The Labute approximate surface area is 230 Å². The van der Waals surface area contributed by atoms with Crippen molar-refractivity contribution < 1.29 is 9.59 Å². The fraction of sp³-hybridized carbons (Fsp3) is 0.433. The number of hydrogen-bond acceptors (Lipinski definition) is 5. The molecule has 3 heterocycles. The summed E-state index contributed by atoms with van der Waals surface area (Å²) >= 11 is 0. The molecule has 2 aliphatic heterocycles. The number of aromatic nitrogens is 2. The zero-order valence-electron chi connectivity index (χ0n) is 23.4. The van der Waals surface area contributed by atoms with Crippen LogP contribution >= 0.6 is 0 Å². The van der Waals surface area contributed by atoms with Crippen molar-refractivity contribution in [3.63, 3.8) is 0 Å². The van der Waals surface area contributed by atoms with Crippen LogP contribution in [0.15, 0.2) is 48.7 Å². The molecule has 1 fully saturated rings. The molecule has 1 aromatic heterocycles. The Balaban J connectivity index is 1.23. The number of urea groups is 1. The highest BCUT2D eigenvalue weighted by Crippen LogP contribution is 2.36. The average molecular weight is 530 g/mol. The Morgan fingerprint density at radius 3 is 2.59 bits per heavy atom. The van der Waals surface area contributed by atoms with Gasteiger partial charge in [0, 0.05) is 50.9 Å². The lowest BCUT2D eigenvalue weighted by molar-refractivity contribution is 0.0985. The number of carbonyl (C=O) groups excluding carboxylic acids is 2. The third-order valence-electron chi connectivity index (χ3n) is 7.74. The van der Waals surface area contributed by atoms with Crippen molar-refractivity contribution in [2.75, 3.05) is 42.9 Å². The van der Waals surface area contributed by atoms with E-state index in [1.807, 2.05) is 61.3 Å². The van der Waals surface area contributed by atoms with Crippen LogP contribution in [0.4, 0.5) is 22.0 Å². The highest BCUT2D eigenvalue weighted by molar-refractivity contribution is 6.08. The highest BCUT2D eigenvalue weighted by atomic mass is 16.2. The topological polar surface area (TPSA) is 85.7 Å². The lowest BCUT2D eigenvalue weighted by Gasteiger charge is -2.35. The summed E-state index contributed by atoms with van der Waals surface area (Å²) in [4.78, 5) is 32.7. The van der Waals surface area contributed by atoms with E-state index in [0.29, 0.717) is 24.6 Å². The molecule has 0 spiro atoms. The first kappa shape index (κ1) is 26.7.